The summed E-state index contributed by atoms with van der Waals surface area (Å²) in [4.78, 5) is 22.3. The van der Waals surface area contributed by atoms with Gasteiger partial charge in [-0.25, -0.2) is 17.7 Å². The van der Waals surface area contributed by atoms with Gasteiger partial charge in [-0.2, -0.15) is 4.98 Å². The van der Waals surface area contributed by atoms with Gasteiger partial charge in [-0.05, 0) is 44.6 Å². The molecule has 0 aromatic carbocycles. The molecule has 2 aromatic rings. The van der Waals surface area contributed by atoms with Gasteiger partial charge in [-0.3, -0.25) is 9.36 Å². The lowest BCUT2D eigenvalue weighted by Crippen LogP contribution is -2.43. The lowest BCUT2D eigenvalue weighted by atomic mass is 10.1. The molecule has 2 aliphatic rings. The van der Waals surface area contributed by atoms with E-state index in [0.717, 1.165) is 24.6 Å². The summed E-state index contributed by atoms with van der Waals surface area (Å²) in [5.41, 5.74) is 1.41. The molecule has 176 valence electrons. The number of aromatic nitrogens is 3. The third-order valence-electron chi connectivity index (χ3n) is 6.83. The first-order valence-electron chi connectivity index (χ1n) is 11.4. The Labute approximate surface area is 189 Å². The molecule has 1 saturated heterocycles. The molecule has 0 bridgehead atoms. The van der Waals surface area contributed by atoms with E-state index in [0.29, 0.717) is 49.0 Å². The van der Waals surface area contributed by atoms with Gasteiger partial charge in [-0.15, -0.1) is 0 Å². The SMILES string of the molecule is COCCS(=O)(=O)N1CCC(Nc2ncc3cc(C)c(=O)n([C@@H]4CCC[C@@H]4C)c3n2)CC1. The molecule has 1 aliphatic carbocycles. The van der Waals surface area contributed by atoms with Gasteiger partial charge in [0.05, 0.1) is 12.4 Å². The molecule has 9 nitrogen and oxygen atoms in total. The third-order valence-corrected chi connectivity index (χ3v) is 8.66. The van der Waals surface area contributed by atoms with Crippen LogP contribution in [0.3, 0.4) is 0 Å². The van der Waals surface area contributed by atoms with Crippen LogP contribution < -0.4 is 10.9 Å². The summed E-state index contributed by atoms with van der Waals surface area (Å²) in [5, 5.41) is 4.23. The minimum Gasteiger partial charge on any atom is -0.384 e. The van der Waals surface area contributed by atoms with Gasteiger partial charge in [0.2, 0.25) is 16.0 Å². The summed E-state index contributed by atoms with van der Waals surface area (Å²) >= 11 is 0. The molecule has 4 rings (SSSR count). The van der Waals surface area contributed by atoms with Crippen molar-refractivity contribution in [3.05, 3.63) is 28.2 Å². The summed E-state index contributed by atoms with van der Waals surface area (Å²) in [6, 6.07) is 2.10. The van der Waals surface area contributed by atoms with Crippen molar-refractivity contribution in [3.63, 3.8) is 0 Å². The van der Waals surface area contributed by atoms with E-state index in [4.69, 9.17) is 9.72 Å². The Morgan fingerprint density at radius 2 is 1.97 bits per heavy atom. The molecule has 0 amide bonds. The predicted molar refractivity (Wildman–Crippen MR) is 124 cm³/mol. The first-order valence-corrected chi connectivity index (χ1v) is 13.0. The Hall–Kier alpha value is -2.04. The highest BCUT2D eigenvalue weighted by atomic mass is 32.2. The first kappa shape index (κ1) is 23.1. The maximum Gasteiger partial charge on any atom is 0.255 e. The van der Waals surface area contributed by atoms with Crippen molar-refractivity contribution in [1.29, 1.82) is 0 Å². The van der Waals surface area contributed by atoms with Crippen molar-refractivity contribution in [2.24, 2.45) is 5.92 Å². The van der Waals surface area contributed by atoms with Gasteiger partial charge in [0, 0.05) is 49.4 Å². The minimum atomic E-state index is -3.29. The number of sulfonamides is 1. The van der Waals surface area contributed by atoms with E-state index in [-0.39, 0.29) is 30.0 Å². The second-order valence-corrected chi connectivity index (χ2v) is 11.2. The molecule has 0 unspecified atom stereocenters. The average molecular weight is 464 g/mol. The first-order chi connectivity index (χ1) is 15.3. The largest absolute Gasteiger partial charge is 0.384 e. The third kappa shape index (κ3) is 4.67. The lowest BCUT2D eigenvalue weighted by Gasteiger charge is -2.31. The summed E-state index contributed by atoms with van der Waals surface area (Å²) in [5.74, 6) is 0.931. The van der Waals surface area contributed by atoms with E-state index >= 15 is 0 Å². The number of pyridine rings is 1. The maximum atomic E-state index is 13.0. The number of hydrogen-bond acceptors (Lipinski definition) is 7. The Kier molecular flexibility index (Phi) is 6.83. The number of piperidine rings is 1. The van der Waals surface area contributed by atoms with Crippen LogP contribution in [0.2, 0.25) is 0 Å². The highest BCUT2D eigenvalue weighted by Crippen LogP contribution is 2.36. The van der Waals surface area contributed by atoms with Crippen LogP contribution >= 0.6 is 0 Å². The predicted octanol–water partition coefficient (Wildman–Crippen LogP) is 2.31. The molecule has 2 aromatic heterocycles. The van der Waals surface area contributed by atoms with Crippen molar-refractivity contribution in [2.75, 3.05) is 37.9 Å². The molecule has 0 spiro atoms. The van der Waals surface area contributed by atoms with Crippen molar-refractivity contribution in [1.82, 2.24) is 18.8 Å². The molecule has 1 saturated carbocycles. The van der Waals surface area contributed by atoms with Crippen LogP contribution in [-0.4, -0.2) is 65.9 Å². The number of rotatable bonds is 7. The standard InChI is InChI=1S/C22H33N5O4S/c1-15-5-4-6-19(15)27-20-17(13-16(2)21(27)28)14-23-22(25-20)24-18-7-9-26(10-8-18)32(29,30)12-11-31-3/h13-15,18-19H,4-12H2,1-3H3,(H,23,24,25)/t15-,19+/m0/s1. The smallest absolute Gasteiger partial charge is 0.255 e. The molecule has 3 heterocycles. The van der Waals surface area contributed by atoms with Gasteiger partial charge >= 0.3 is 0 Å². The van der Waals surface area contributed by atoms with Gasteiger partial charge in [0.15, 0.2) is 0 Å². The number of nitrogens with zero attached hydrogens (tertiary/aromatic N) is 4. The number of hydrogen-bond donors (Lipinski definition) is 1. The summed E-state index contributed by atoms with van der Waals surface area (Å²) in [7, 11) is -1.79. The fourth-order valence-electron chi connectivity index (χ4n) is 4.92. The summed E-state index contributed by atoms with van der Waals surface area (Å²) < 4.78 is 33.1. The lowest BCUT2D eigenvalue weighted by molar-refractivity contribution is 0.214. The van der Waals surface area contributed by atoms with Crippen LogP contribution in [0.5, 0.6) is 0 Å². The number of nitrogens with one attached hydrogen (secondary N) is 1. The molecular weight excluding hydrogens is 430 g/mol. The zero-order valence-electron chi connectivity index (χ0n) is 19.1. The van der Waals surface area contributed by atoms with Crippen molar-refractivity contribution in [2.45, 2.75) is 58.0 Å². The Morgan fingerprint density at radius 1 is 1.22 bits per heavy atom. The zero-order chi connectivity index (χ0) is 22.9. The fraction of sp³-hybridized carbons (Fsp3) is 0.682. The number of methoxy groups -OCH3 is 1. The van der Waals surface area contributed by atoms with Crippen LogP contribution in [0.15, 0.2) is 17.1 Å². The quantitative estimate of drug-likeness (QED) is 0.671. The van der Waals surface area contributed by atoms with Crippen LogP contribution in [0, 0.1) is 12.8 Å². The fourth-order valence-corrected chi connectivity index (χ4v) is 6.33. The Balaban J connectivity index is 1.53. The molecule has 1 N–H and O–H groups in total. The zero-order valence-corrected chi connectivity index (χ0v) is 19.9. The number of ether oxygens (including phenoxy) is 1. The van der Waals surface area contributed by atoms with E-state index in [2.05, 4.69) is 17.2 Å². The van der Waals surface area contributed by atoms with Crippen molar-refractivity contribution >= 4 is 27.0 Å². The minimum absolute atomic E-state index is 0.00587. The van der Waals surface area contributed by atoms with E-state index in [1.807, 2.05) is 17.6 Å². The number of aryl methyl sites for hydroxylation is 1. The van der Waals surface area contributed by atoms with Gasteiger partial charge in [0.25, 0.3) is 5.56 Å². The van der Waals surface area contributed by atoms with E-state index in [1.165, 1.54) is 11.4 Å². The second kappa shape index (κ2) is 9.44. The van der Waals surface area contributed by atoms with Gasteiger partial charge in [0.1, 0.15) is 5.65 Å². The van der Waals surface area contributed by atoms with E-state index in [1.54, 1.807) is 6.20 Å². The summed E-state index contributed by atoms with van der Waals surface area (Å²) in [6.07, 6.45) is 6.35. The Bertz CT molecular complexity index is 1130. The highest BCUT2D eigenvalue weighted by molar-refractivity contribution is 7.89. The average Bonchev–Trinajstić information content (AvgIpc) is 3.19. The van der Waals surface area contributed by atoms with Crippen LogP contribution in [0.4, 0.5) is 5.95 Å². The molecule has 2 atom stereocenters. The van der Waals surface area contributed by atoms with Crippen LogP contribution in [0.25, 0.3) is 11.0 Å². The van der Waals surface area contributed by atoms with Gasteiger partial charge < -0.3 is 10.1 Å². The number of anilines is 1. The van der Waals surface area contributed by atoms with Gasteiger partial charge in [-0.1, -0.05) is 13.3 Å². The molecule has 32 heavy (non-hydrogen) atoms. The maximum absolute atomic E-state index is 13.0. The topological polar surface area (TPSA) is 106 Å². The Morgan fingerprint density at radius 3 is 2.62 bits per heavy atom. The van der Waals surface area contributed by atoms with Crippen molar-refractivity contribution < 1.29 is 13.2 Å². The van der Waals surface area contributed by atoms with E-state index in [9.17, 15) is 13.2 Å². The number of fused-ring (bicyclic) bond motifs is 1. The van der Waals surface area contributed by atoms with Crippen LogP contribution in [-0.2, 0) is 14.8 Å². The molecule has 1 aliphatic heterocycles. The van der Waals surface area contributed by atoms with Crippen LogP contribution in [0.1, 0.15) is 50.6 Å². The second-order valence-electron chi connectivity index (χ2n) is 9.08. The highest BCUT2D eigenvalue weighted by Gasteiger charge is 2.30. The van der Waals surface area contributed by atoms with E-state index < -0.39 is 10.0 Å². The molecule has 10 heteroatoms. The van der Waals surface area contributed by atoms with Crippen molar-refractivity contribution in [3.8, 4) is 0 Å². The molecular formula is C22H33N5O4S. The monoisotopic (exact) mass is 463 g/mol. The normalized spacial score (nSPS) is 23.1. The molecule has 2 fully saturated rings. The summed E-state index contributed by atoms with van der Waals surface area (Å²) in [6.45, 7) is 5.17. The molecule has 0 radical (unpaired) electrons.